The summed E-state index contributed by atoms with van der Waals surface area (Å²) in [7, 11) is 0. The van der Waals surface area contributed by atoms with E-state index < -0.39 is 5.97 Å². The molecule has 3 heterocycles. The molecule has 0 aliphatic heterocycles. The van der Waals surface area contributed by atoms with Crippen molar-refractivity contribution in [1.82, 2.24) is 9.55 Å². The lowest BCUT2D eigenvalue weighted by Gasteiger charge is -2.02. The van der Waals surface area contributed by atoms with Crippen LogP contribution in [0.3, 0.4) is 0 Å². The van der Waals surface area contributed by atoms with Gasteiger partial charge in [0.1, 0.15) is 10.6 Å². The summed E-state index contributed by atoms with van der Waals surface area (Å²) in [5, 5.41) is 9.36. The van der Waals surface area contributed by atoms with Gasteiger partial charge in [0.15, 0.2) is 0 Å². The average Bonchev–Trinajstić information content (AvgIpc) is 2.99. The number of furan rings is 1. The second-order valence-electron chi connectivity index (χ2n) is 4.32. The molecule has 3 aromatic rings. The zero-order valence-corrected chi connectivity index (χ0v) is 11.3. The highest BCUT2D eigenvalue weighted by atomic mass is 32.1. The van der Waals surface area contributed by atoms with Gasteiger partial charge in [0.2, 0.25) is 5.76 Å². The molecule has 0 atom stereocenters. The van der Waals surface area contributed by atoms with Crippen LogP contribution in [0.2, 0.25) is 0 Å². The standard InChI is InChI=1S/C13H10N2O4S/c1-7-4-9-11(20-7)14-6-15(12(9)16)5-8-2-3-10(19-8)13(17)18/h2-4,6H,5H2,1H3,(H,17,18). The first kappa shape index (κ1) is 12.6. The molecule has 0 aliphatic carbocycles. The van der Waals surface area contributed by atoms with Crippen LogP contribution in [0.5, 0.6) is 0 Å². The van der Waals surface area contributed by atoms with Crippen LogP contribution < -0.4 is 5.56 Å². The fourth-order valence-electron chi connectivity index (χ4n) is 1.94. The molecule has 3 rings (SSSR count). The molecule has 7 heteroatoms. The molecule has 0 saturated heterocycles. The zero-order valence-electron chi connectivity index (χ0n) is 10.5. The van der Waals surface area contributed by atoms with Gasteiger partial charge in [-0.1, -0.05) is 0 Å². The van der Waals surface area contributed by atoms with E-state index in [0.717, 1.165) is 4.88 Å². The topological polar surface area (TPSA) is 85.3 Å². The van der Waals surface area contributed by atoms with Gasteiger partial charge >= 0.3 is 5.97 Å². The predicted octanol–water partition coefficient (Wildman–Crippen LogP) is 2.11. The third kappa shape index (κ3) is 2.12. The number of carboxylic acids is 1. The van der Waals surface area contributed by atoms with Gasteiger partial charge in [-0.05, 0) is 25.1 Å². The second kappa shape index (κ2) is 4.61. The SMILES string of the molecule is Cc1cc2c(=O)n(Cc3ccc(C(=O)O)o3)cnc2s1. The Hall–Kier alpha value is -2.41. The number of rotatable bonds is 3. The molecule has 0 spiro atoms. The minimum absolute atomic E-state index is 0.145. The monoisotopic (exact) mass is 290 g/mol. The first-order chi connectivity index (χ1) is 9.54. The largest absolute Gasteiger partial charge is 0.475 e. The van der Waals surface area contributed by atoms with Gasteiger partial charge < -0.3 is 9.52 Å². The number of aromatic nitrogens is 2. The Bertz CT molecular complexity index is 859. The highest BCUT2D eigenvalue weighted by molar-refractivity contribution is 7.18. The minimum Gasteiger partial charge on any atom is -0.475 e. The normalized spacial score (nSPS) is 11.1. The van der Waals surface area contributed by atoms with Gasteiger partial charge in [0, 0.05) is 4.88 Å². The van der Waals surface area contributed by atoms with Crippen LogP contribution in [0.1, 0.15) is 21.2 Å². The van der Waals surface area contributed by atoms with Crippen LogP contribution in [-0.2, 0) is 6.54 Å². The number of aryl methyl sites for hydroxylation is 1. The highest BCUT2D eigenvalue weighted by Crippen LogP contribution is 2.19. The average molecular weight is 290 g/mol. The summed E-state index contributed by atoms with van der Waals surface area (Å²) in [4.78, 5) is 28.9. The van der Waals surface area contributed by atoms with E-state index in [-0.39, 0.29) is 17.9 Å². The Morgan fingerprint density at radius 1 is 1.50 bits per heavy atom. The molecule has 102 valence electrons. The van der Waals surface area contributed by atoms with Gasteiger partial charge in [-0.2, -0.15) is 0 Å². The van der Waals surface area contributed by atoms with Crippen LogP contribution in [0.4, 0.5) is 0 Å². The van der Waals surface area contributed by atoms with E-state index in [0.29, 0.717) is 16.0 Å². The van der Waals surface area contributed by atoms with Crippen molar-refractivity contribution >= 4 is 27.5 Å². The van der Waals surface area contributed by atoms with Crippen LogP contribution in [0.15, 0.2) is 33.7 Å². The fourth-order valence-corrected chi connectivity index (χ4v) is 2.78. The fraction of sp³-hybridized carbons (Fsp3) is 0.154. The maximum absolute atomic E-state index is 12.3. The number of carbonyl (C=O) groups is 1. The van der Waals surface area contributed by atoms with Crippen molar-refractivity contribution in [2.75, 3.05) is 0 Å². The van der Waals surface area contributed by atoms with Crippen molar-refractivity contribution in [3.8, 4) is 0 Å². The number of fused-ring (bicyclic) bond motifs is 1. The second-order valence-corrected chi connectivity index (χ2v) is 5.56. The third-order valence-electron chi connectivity index (χ3n) is 2.84. The van der Waals surface area contributed by atoms with Gasteiger partial charge in [-0.25, -0.2) is 9.78 Å². The lowest BCUT2D eigenvalue weighted by atomic mass is 10.3. The number of nitrogens with zero attached hydrogens (tertiary/aromatic N) is 2. The van der Waals surface area contributed by atoms with Gasteiger partial charge in [0.05, 0.1) is 18.3 Å². The van der Waals surface area contributed by atoms with Crippen LogP contribution in [-0.4, -0.2) is 20.6 Å². The molecule has 6 nitrogen and oxygen atoms in total. The van der Waals surface area contributed by atoms with E-state index in [1.807, 2.05) is 6.92 Å². The molecule has 0 amide bonds. The van der Waals surface area contributed by atoms with E-state index >= 15 is 0 Å². The summed E-state index contributed by atoms with van der Waals surface area (Å²) in [6.45, 7) is 2.08. The van der Waals surface area contributed by atoms with E-state index in [4.69, 9.17) is 9.52 Å². The van der Waals surface area contributed by atoms with Crippen LogP contribution in [0.25, 0.3) is 10.2 Å². The first-order valence-electron chi connectivity index (χ1n) is 5.82. The summed E-state index contributed by atoms with van der Waals surface area (Å²) in [5.41, 5.74) is -0.160. The first-order valence-corrected chi connectivity index (χ1v) is 6.64. The maximum Gasteiger partial charge on any atom is 0.371 e. The van der Waals surface area contributed by atoms with E-state index in [1.54, 1.807) is 12.1 Å². The number of carboxylic acid groups (broad SMARTS) is 1. The molecule has 3 aromatic heterocycles. The van der Waals surface area contributed by atoms with Crippen molar-refractivity contribution in [3.05, 3.63) is 51.3 Å². The summed E-state index contributed by atoms with van der Waals surface area (Å²) in [5.74, 6) is -0.878. The number of hydrogen-bond acceptors (Lipinski definition) is 5. The summed E-state index contributed by atoms with van der Waals surface area (Å²) < 4.78 is 6.54. The van der Waals surface area contributed by atoms with Gasteiger partial charge in [-0.3, -0.25) is 9.36 Å². The Morgan fingerprint density at radius 3 is 3.00 bits per heavy atom. The van der Waals surface area contributed by atoms with E-state index in [1.165, 1.54) is 28.3 Å². The van der Waals surface area contributed by atoms with Crippen molar-refractivity contribution in [2.24, 2.45) is 0 Å². The van der Waals surface area contributed by atoms with Crippen molar-refractivity contribution in [3.63, 3.8) is 0 Å². The molecule has 0 unspecified atom stereocenters. The molecule has 20 heavy (non-hydrogen) atoms. The molecular weight excluding hydrogens is 280 g/mol. The van der Waals surface area contributed by atoms with Crippen molar-refractivity contribution in [1.29, 1.82) is 0 Å². The molecule has 0 radical (unpaired) electrons. The van der Waals surface area contributed by atoms with Gasteiger partial charge in [0.25, 0.3) is 5.56 Å². The predicted molar refractivity (Wildman–Crippen MR) is 73.4 cm³/mol. The number of aromatic carboxylic acids is 1. The van der Waals surface area contributed by atoms with Crippen molar-refractivity contribution < 1.29 is 14.3 Å². The Kier molecular flexibility index (Phi) is 2.90. The Labute approximate surface area is 116 Å². The third-order valence-corrected chi connectivity index (χ3v) is 3.80. The van der Waals surface area contributed by atoms with E-state index in [2.05, 4.69) is 4.98 Å². The Morgan fingerprint density at radius 2 is 2.30 bits per heavy atom. The quantitative estimate of drug-likeness (QED) is 0.798. The van der Waals surface area contributed by atoms with Crippen molar-refractivity contribution in [2.45, 2.75) is 13.5 Å². The minimum atomic E-state index is -1.13. The molecular formula is C13H10N2O4S. The van der Waals surface area contributed by atoms with Crippen LogP contribution in [0, 0.1) is 6.92 Å². The van der Waals surface area contributed by atoms with Gasteiger partial charge in [-0.15, -0.1) is 11.3 Å². The zero-order chi connectivity index (χ0) is 14.3. The molecule has 0 aliphatic rings. The summed E-state index contributed by atoms with van der Waals surface area (Å²) in [6.07, 6.45) is 1.45. The molecule has 0 fully saturated rings. The molecule has 0 bridgehead atoms. The smallest absolute Gasteiger partial charge is 0.371 e. The number of thiophene rings is 1. The van der Waals surface area contributed by atoms with Crippen LogP contribution >= 0.6 is 11.3 Å². The number of hydrogen-bond donors (Lipinski definition) is 1. The van der Waals surface area contributed by atoms with E-state index in [9.17, 15) is 9.59 Å². The lowest BCUT2D eigenvalue weighted by Crippen LogP contribution is -2.20. The Balaban J connectivity index is 1.99. The highest BCUT2D eigenvalue weighted by Gasteiger charge is 2.11. The summed E-state index contributed by atoms with van der Waals surface area (Å²) >= 11 is 1.46. The lowest BCUT2D eigenvalue weighted by molar-refractivity contribution is 0.0660. The molecule has 1 N–H and O–H groups in total. The molecule has 0 saturated carbocycles. The summed E-state index contributed by atoms with van der Waals surface area (Å²) in [6, 6.07) is 4.71. The molecule has 0 aromatic carbocycles. The maximum atomic E-state index is 12.3.